The van der Waals surface area contributed by atoms with Gasteiger partial charge in [-0.2, -0.15) is 0 Å². The fourth-order valence-corrected chi connectivity index (χ4v) is 1.44. The molecule has 0 saturated carbocycles. The summed E-state index contributed by atoms with van der Waals surface area (Å²) in [5, 5.41) is 3.17. The Balaban J connectivity index is 2.16. The zero-order valence-electron chi connectivity index (χ0n) is 8.06. The molecule has 0 aliphatic carbocycles. The van der Waals surface area contributed by atoms with Crippen molar-refractivity contribution in [2.75, 3.05) is 13.1 Å². The number of aryl methyl sites for hydroxylation is 1. The van der Waals surface area contributed by atoms with Crippen LogP contribution in [0.25, 0.3) is 0 Å². The average Bonchev–Trinajstić information content (AvgIpc) is 2.66. The summed E-state index contributed by atoms with van der Waals surface area (Å²) >= 11 is 0. The van der Waals surface area contributed by atoms with E-state index in [0.717, 1.165) is 19.5 Å². The largest absolute Gasteiger partial charge is 0.469 e. The van der Waals surface area contributed by atoms with Crippen molar-refractivity contribution >= 4 is 0 Å². The fourth-order valence-electron chi connectivity index (χ4n) is 1.44. The molecule has 5 nitrogen and oxygen atoms in total. The van der Waals surface area contributed by atoms with E-state index in [1.807, 2.05) is 0 Å². The Labute approximate surface area is 81.7 Å². The van der Waals surface area contributed by atoms with Gasteiger partial charge in [-0.3, -0.25) is 4.79 Å². The molecular formula is C9H13N3O2. The second-order valence-electron chi connectivity index (χ2n) is 3.38. The molecular weight excluding hydrogens is 182 g/mol. The summed E-state index contributed by atoms with van der Waals surface area (Å²) < 4.78 is 6.94. The van der Waals surface area contributed by atoms with Crippen molar-refractivity contribution in [3.05, 3.63) is 22.7 Å². The Bertz CT molecular complexity index is 369. The first-order chi connectivity index (χ1) is 6.77. The number of nitrogens with one attached hydrogen (secondary N) is 1. The summed E-state index contributed by atoms with van der Waals surface area (Å²) in [5.74, 6) is 0.198. The van der Waals surface area contributed by atoms with Gasteiger partial charge in [-0.05, 0) is 13.0 Å². The lowest BCUT2D eigenvalue weighted by molar-refractivity contribution is 0.209. The number of ether oxygens (including phenoxy) is 1. The minimum atomic E-state index is -0.181. The predicted octanol–water partition coefficient (Wildman–Crippen LogP) is -0.479. The van der Waals surface area contributed by atoms with Crippen molar-refractivity contribution in [2.24, 2.45) is 7.05 Å². The maximum Gasteiger partial charge on any atom is 0.313 e. The van der Waals surface area contributed by atoms with Gasteiger partial charge in [0.25, 0.3) is 5.88 Å². The number of hydrogen-bond acceptors (Lipinski definition) is 4. The molecule has 1 unspecified atom stereocenters. The van der Waals surface area contributed by atoms with Gasteiger partial charge in [-0.25, -0.2) is 4.98 Å². The van der Waals surface area contributed by atoms with E-state index in [1.165, 1.54) is 4.57 Å². The molecule has 1 fully saturated rings. The van der Waals surface area contributed by atoms with Gasteiger partial charge in [-0.15, -0.1) is 0 Å². The van der Waals surface area contributed by atoms with Crippen LogP contribution >= 0.6 is 0 Å². The monoisotopic (exact) mass is 195 g/mol. The van der Waals surface area contributed by atoms with Crippen LogP contribution in [-0.2, 0) is 7.05 Å². The molecule has 0 aromatic carbocycles. The van der Waals surface area contributed by atoms with Gasteiger partial charge in [0.2, 0.25) is 0 Å². The maximum atomic E-state index is 11.5. The van der Waals surface area contributed by atoms with E-state index in [4.69, 9.17) is 4.74 Å². The highest BCUT2D eigenvalue weighted by Gasteiger charge is 2.18. The van der Waals surface area contributed by atoms with E-state index in [0.29, 0.717) is 0 Å². The lowest BCUT2D eigenvalue weighted by atomic mass is 10.3. The van der Waals surface area contributed by atoms with E-state index in [1.54, 1.807) is 19.4 Å². The molecule has 1 N–H and O–H groups in total. The second-order valence-corrected chi connectivity index (χ2v) is 3.38. The molecule has 2 heterocycles. The Hall–Kier alpha value is -1.36. The smallest absolute Gasteiger partial charge is 0.313 e. The Morgan fingerprint density at radius 3 is 3.29 bits per heavy atom. The Morgan fingerprint density at radius 1 is 1.71 bits per heavy atom. The van der Waals surface area contributed by atoms with Crippen LogP contribution in [0.4, 0.5) is 0 Å². The molecule has 0 bridgehead atoms. The highest BCUT2D eigenvalue weighted by molar-refractivity contribution is 5.05. The number of rotatable bonds is 2. The van der Waals surface area contributed by atoms with E-state index in [2.05, 4.69) is 10.3 Å². The zero-order chi connectivity index (χ0) is 9.97. The van der Waals surface area contributed by atoms with Crippen LogP contribution in [0.5, 0.6) is 5.88 Å². The fraction of sp³-hybridized carbons (Fsp3) is 0.556. The molecule has 76 valence electrons. The van der Waals surface area contributed by atoms with Crippen molar-refractivity contribution in [3.8, 4) is 5.88 Å². The molecule has 5 heteroatoms. The number of aromatic nitrogens is 2. The normalized spacial score (nSPS) is 21.1. The van der Waals surface area contributed by atoms with Crippen molar-refractivity contribution in [2.45, 2.75) is 12.5 Å². The first kappa shape index (κ1) is 9.21. The second kappa shape index (κ2) is 3.79. The van der Waals surface area contributed by atoms with Gasteiger partial charge in [0.15, 0.2) is 0 Å². The average molecular weight is 195 g/mol. The van der Waals surface area contributed by atoms with Gasteiger partial charge in [0.1, 0.15) is 6.10 Å². The topological polar surface area (TPSA) is 56.1 Å². The van der Waals surface area contributed by atoms with Crippen molar-refractivity contribution in [1.29, 1.82) is 0 Å². The molecule has 1 aliphatic heterocycles. The van der Waals surface area contributed by atoms with Gasteiger partial charge >= 0.3 is 5.56 Å². The van der Waals surface area contributed by atoms with Gasteiger partial charge in [-0.1, -0.05) is 0 Å². The third kappa shape index (κ3) is 1.77. The first-order valence-electron chi connectivity index (χ1n) is 4.66. The molecule has 1 aliphatic rings. The van der Waals surface area contributed by atoms with Gasteiger partial charge in [0.05, 0.1) is 0 Å². The van der Waals surface area contributed by atoms with Crippen molar-refractivity contribution in [1.82, 2.24) is 14.9 Å². The van der Waals surface area contributed by atoms with E-state index in [-0.39, 0.29) is 17.5 Å². The highest BCUT2D eigenvalue weighted by Crippen LogP contribution is 2.06. The predicted molar refractivity (Wildman–Crippen MR) is 51.4 cm³/mol. The molecule has 2 rings (SSSR count). The summed E-state index contributed by atoms with van der Waals surface area (Å²) in [4.78, 5) is 15.4. The summed E-state index contributed by atoms with van der Waals surface area (Å²) in [5.41, 5.74) is -0.181. The lowest BCUT2D eigenvalue weighted by Crippen LogP contribution is -2.26. The van der Waals surface area contributed by atoms with Crippen LogP contribution in [0.2, 0.25) is 0 Å². The van der Waals surface area contributed by atoms with E-state index < -0.39 is 0 Å². The molecule has 0 spiro atoms. The minimum Gasteiger partial charge on any atom is -0.469 e. The molecule has 0 amide bonds. The quantitative estimate of drug-likeness (QED) is 0.692. The van der Waals surface area contributed by atoms with E-state index >= 15 is 0 Å². The van der Waals surface area contributed by atoms with Crippen molar-refractivity contribution in [3.63, 3.8) is 0 Å². The summed E-state index contributed by atoms with van der Waals surface area (Å²) in [7, 11) is 1.68. The van der Waals surface area contributed by atoms with Crippen LogP contribution in [0.15, 0.2) is 17.2 Å². The summed E-state index contributed by atoms with van der Waals surface area (Å²) in [6, 6.07) is 0. The first-order valence-corrected chi connectivity index (χ1v) is 4.66. The Kier molecular flexibility index (Phi) is 2.49. The SMILES string of the molecule is Cn1ccnc(OC2CCNC2)c1=O. The van der Waals surface area contributed by atoms with Crippen LogP contribution in [-0.4, -0.2) is 28.7 Å². The molecule has 1 atom stereocenters. The zero-order valence-corrected chi connectivity index (χ0v) is 8.06. The molecule has 0 radical (unpaired) electrons. The standard InChI is InChI=1S/C9H13N3O2/c1-12-5-4-11-8(9(12)13)14-7-2-3-10-6-7/h4-5,7,10H,2-3,6H2,1H3. The van der Waals surface area contributed by atoms with Crippen LogP contribution in [0.3, 0.4) is 0 Å². The number of nitrogens with zero attached hydrogens (tertiary/aromatic N) is 2. The summed E-state index contributed by atoms with van der Waals surface area (Å²) in [6.45, 7) is 1.73. The molecule has 1 aromatic heterocycles. The van der Waals surface area contributed by atoms with Gasteiger partial charge in [0, 0.05) is 26.0 Å². The van der Waals surface area contributed by atoms with Crippen LogP contribution < -0.4 is 15.6 Å². The minimum absolute atomic E-state index is 0.0811. The van der Waals surface area contributed by atoms with Crippen molar-refractivity contribution < 1.29 is 4.74 Å². The maximum absolute atomic E-state index is 11.5. The van der Waals surface area contributed by atoms with Crippen LogP contribution in [0.1, 0.15) is 6.42 Å². The molecule has 14 heavy (non-hydrogen) atoms. The molecule has 1 saturated heterocycles. The highest BCUT2D eigenvalue weighted by atomic mass is 16.5. The van der Waals surface area contributed by atoms with Crippen LogP contribution in [0, 0.1) is 0 Å². The third-order valence-electron chi connectivity index (χ3n) is 2.28. The summed E-state index contributed by atoms with van der Waals surface area (Å²) in [6.07, 6.45) is 4.19. The lowest BCUT2D eigenvalue weighted by Gasteiger charge is -2.10. The third-order valence-corrected chi connectivity index (χ3v) is 2.28. The number of hydrogen-bond donors (Lipinski definition) is 1. The van der Waals surface area contributed by atoms with Gasteiger partial charge < -0.3 is 14.6 Å². The molecule has 1 aromatic rings. The Morgan fingerprint density at radius 2 is 2.57 bits per heavy atom. The van der Waals surface area contributed by atoms with E-state index in [9.17, 15) is 4.79 Å².